The first-order valence-corrected chi connectivity index (χ1v) is 11.0. The van der Waals surface area contributed by atoms with Gasteiger partial charge in [-0.2, -0.15) is 0 Å². The SMILES string of the molecule is CN(CC1CCC1)C(=O)OC/C(=C(/N)c1ccc(OC2CCCC(F)C2)cn1)N(C)N. The maximum atomic E-state index is 13.6. The van der Waals surface area contributed by atoms with Crippen molar-refractivity contribution in [3.05, 3.63) is 29.7 Å². The fraction of sp³-hybridized carbons (Fsp3) is 0.636. The van der Waals surface area contributed by atoms with E-state index in [2.05, 4.69) is 4.98 Å². The average molecular weight is 436 g/mol. The van der Waals surface area contributed by atoms with E-state index >= 15 is 0 Å². The van der Waals surface area contributed by atoms with Crippen LogP contribution in [-0.4, -0.2) is 60.5 Å². The molecule has 4 N–H and O–H groups in total. The van der Waals surface area contributed by atoms with E-state index in [4.69, 9.17) is 21.1 Å². The van der Waals surface area contributed by atoms with Crippen LogP contribution in [0.1, 0.15) is 50.6 Å². The molecule has 1 heterocycles. The summed E-state index contributed by atoms with van der Waals surface area (Å²) in [7, 11) is 3.36. The molecule has 2 aliphatic rings. The molecular formula is C22H34FN5O3. The van der Waals surface area contributed by atoms with Crippen LogP contribution in [0.4, 0.5) is 9.18 Å². The van der Waals surface area contributed by atoms with Gasteiger partial charge in [-0.15, -0.1) is 0 Å². The van der Waals surface area contributed by atoms with Gasteiger partial charge in [0.1, 0.15) is 24.6 Å². The lowest BCUT2D eigenvalue weighted by molar-refractivity contribution is 0.101. The van der Waals surface area contributed by atoms with E-state index in [1.54, 1.807) is 37.3 Å². The molecule has 0 radical (unpaired) electrons. The van der Waals surface area contributed by atoms with Gasteiger partial charge in [-0.1, -0.05) is 6.42 Å². The van der Waals surface area contributed by atoms with Crippen molar-refractivity contribution in [2.75, 3.05) is 27.2 Å². The Morgan fingerprint density at radius 1 is 1.23 bits per heavy atom. The van der Waals surface area contributed by atoms with Gasteiger partial charge in [0.05, 0.1) is 23.3 Å². The molecule has 3 rings (SSSR count). The first-order chi connectivity index (χ1) is 14.8. The van der Waals surface area contributed by atoms with Gasteiger partial charge in [0.15, 0.2) is 0 Å². The molecule has 9 heteroatoms. The van der Waals surface area contributed by atoms with Crippen LogP contribution < -0.4 is 16.3 Å². The summed E-state index contributed by atoms with van der Waals surface area (Å²) >= 11 is 0. The third-order valence-electron chi connectivity index (χ3n) is 6.01. The van der Waals surface area contributed by atoms with Gasteiger partial charge in [0.25, 0.3) is 0 Å². The summed E-state index contributed by atoms with van der Waals surface area (Å²) in [6.07, 6.45) is 6.44. The number of rotatable bonds is 8. The Labute approximate surface area is 183 Å². The lowest BCUT2D eigenvalue weighted by Crippen LogP contribution is -2.37. The fourth-order valence-electron chi connectivity index (χ4n) is 3.89. The first kappa shape index (κ1) is 23.1. The molecular weight excluding hydrogens is 401 g/mol. The van der Waals surface area contributed by atoms with Crippen molar-refractivity contribution in [2.45, 2.75) is 57.2 Å². The van der Waals surface area contributed by atoms with Crippen LogP contribution in [0.5, 0.6) is 5.75 Å². The van der Waals surface area contributed by atoms with Gasteiger partial charge in [-0.25, -0.2) is 15.0 Å². The Morgan fingerprint density at radius 2 is 1.97 bits per heavy atom. The Bertz CT molecular complexity index is 767. The highest BCUT2D eigenvalue weighted by Crippen LogP contribution is 2.27. The van der Waals surface area contributed by atoms with E-state index < -0.39 is 12.3 Å². The minimum atomic E-state index is -0.803. The molecule has 2 aliphatic carbocycles. The van der Waals surface area contributed by atoms with Crippen LogP contribution in [0.25, 0.3) is 5.70 Å². The quantitative estimate of drug-likeness (QED) is 0.477. The van der Waals surface area contributed by atoms with Crippen molar-refractivity contribution in [2.24, 2.45) is 17.5 Å². The average Bonchev–Trinajstić information content (AvgIpc) is 2.70. The van der Waals surface area contributed by atoms with Crippen molar-refractivity contribution in [3.8, 4) is 5.75 Å². The molecule has 0 spiro atoms. The number of nitrogens with zero attached hydrogens (tertiary/aromatic N) is 3. The number of halogens is 1. The van der Waals surface area contributed by atoms with Gasteiger partial charge >= 0.3 is 6.09 Å². The fourth-order valence-corrected chi connectivity index (χ4v) is 3.89. The van der Waals surface area contributed by atoms with Gasteiger partial charge < -0.3 is 25.1 Å². The zero-order valence-corrected chi connectivity index (χ0v) is 18.4. The van der Waals surface area contributed by atoms with Crippen molar-refractivity contribution >= 4 is 11.8 Å². The van der Waals surface area contributed by atoms with Crippen LogP contribution in [0.15, 0.2) is 24.0 Å². The maximum absolute atomic E-state index is 13.6. The number of hydrazine groups is 1. The van der Waals surface area contributed by atoms with E-state index in [1.807, 2.05) is 0 Å². The number of likely N-dealkylation sites (N-methyl/N-ethyl adjacent to an activating group) is 1. The van der Waals surface area contributed by atoms with E-state index in [9.17, 15) is 9.18 Å². The van der Waals surface area contributed by atoms with E-state index in [0.717, 1.165) is 25.7 Å². The molecule has 2 unspecified atom stereocenters. The van der Waals surface area contributed by atoms with Crippen molar-refractivity contribution < 1.29 is 18.7 Å². The monoisotopic (exact) mass is 435 g/mol. The summed E-state index contributed by atoms with van der Waals surface area (Å²) in [5.41, 5.74) is 7.51. The Balaban J connectivity index is 1.59. The van der Waals surface area contributed by atoms with Gasteiger partial charge in [-0.3, -0.25) is 4.98 Å². The number of carbonyl (C=O) groups is 1. The summed E-state index contributed by atoms with van der Waals surface area (Å²) in [5.74, 6) is 7.05. The number of hydrogen-bond donors (Lipinski definition) is 2. The summed E-state index contributed by atoms with van der Waals surface area (Å²) in [6, 6.07) is 3.47. The topological polar surface area (TPSA) is 107 Å². The number of pyridine rings is 1. The second kappa shape index (κ2) is 10.7. The molecule has 1 aromatic rings. The summed E-state index contributed by atoms with van der Waals surface area (Å²) in [6.45, 7) is 0.631. The highest BCUT2D eigenvalue weighted by atomic mass is 19.1. The summed E-state index contributed by atoms with van der Waals surface area (Å²) < 4.78 is 24.8. The molecule has 172 valence electrons. The number of aromatic nitrogens is 1. The second-order valence-corrected chi connectivity index (χ2v) is 8.59. The Hall–Kier alpha value is -2.55. The van der Waals surface area contributed by atoms with Crippen molar-refractivity contribution in [1.82, 2.24) is 14.9 Å². The minimum absolute atomic E-state index is 0.0629. The lowest BCUT2D eigenvalue weighted by Gasteiger charge is -2.30. The van der Waals surface area contributed by atoms with Crippen LogP contribution in [-0.2, 0) is 4.74 Å². The zero-order valence-electron chi connectivity index (χ0n) is 18.4. The van der Waals surface area contributed by atoms with E-state index in [1.165, 1.54) is 11.4 Å². The highest BCUT2D eigenvalue weighted by Gasteiger charge is 2.24. The second-order valence-electron chi connectivity index (χ2n) is 8.59. The molecule has 0 bridgehead atoms. The molecule has 0 aliphatic heterocycles. The number of carbonyl (C=O) groups excluding carboxylic acids is 1. The zero-order chi connectivity index (χ0) is 22.4. The molecule has 0 aromatic carbocycles. The van der Waals surface area contributed by atoms with Crippen LogP contribution in [0, 0.1) is 5.92 Å². The van der Waals surface area contributed by atoms with Crippen LogP contribution in [0.2, 0.25) is 0 Å². The van der Waals surface area contributed by atoms with Crippen molar-refractivity contribution in [3.63, 3.8) is 0 Å². The van der Waals surface area contributed by atoms with Crippen LogP contribution in [0.3, 0.4) is 0 Å². The van der Waals surface area contributed by atoms with Gasteiger partial charge in [-0.05, 0) is 50.2 Å². The van der Waals surface area contributed by atoms with E-state index in [-0.39, 0.29) is 12.7 Å². The number of nitrogens with two attached hydrogens (primary N) is 2. The molecule has 2 saturated carbocycles. The number of hydrogen-bond acceptors (Lipinski definition) is 7. The summed E-state index contributed by atoms with van der Waals surface area (Å²) in [5, 5.41) is 1.32. The molecule has 0 saturated heterocycles. The third kappa shape index (κ3) is 6.46. The maximum Gasteiger partial charge on any atom is 0.409 e. The molecule has 1 aromatic heterocycles. The first-order valence-electron chi connectivity index (χ1n) is 11.0. The smallest absolute Gasteiger partial charge is 0.409 e. The molecule has 2 atom stereocenters. The molecule has 2 fully saturated rings. The predicted octanol–water partition coefficient (Wildman–Crippen LogP) is 3.04. The Morgan fingerprint density at radius 3 is 2.55 bits per heavy atom. The van der Waals surface area contributed by atoms with Gasteiger partial charge in [0.2, 0.25) is 0 Å². The number of amides is 1. The van der Waals surface area contributed by atoms with Gasteiger partial charge in [0, 0.05) is 27.1 Å². The molecule has 1 amide bonds. The predicted molar refractivity (Wildman–Crippen MR) is 116 cm³/mol. The largest absolute Gasteiger partial charge is 0.489 e. The van der Waals surface area contributed by atoms with E-state index in [0.29, 0.717) is 48.1 Å². The van der Waals surface area contributed by atoms with Crippen LogP contribution >= 0.6 is 0 Å². The highest BCUT2D eigenvalue weighted by molar-refractivity contribution is 5.68. The Kier molecular flexibility index (Phi) is 7.95. The molecule has 8 nitrogen and oxygen atoms in total. The summed E-state index contributed by atoms with van der Waals surface area (Å²) in [4.78, 5) is 18.2. The minimum Gasteiger partial charge on any atom is -0.489 e. The van der Waals surface area contributed by atoms with Crippen molar-refractivity contribution in [1.29, 1.82) is 0 Å². The number of ether oxygens (including phenoxy) is 2. The standard InChI is InChI=1S/C22H34FN5O3/c1-27(13-15-5-3-6-15)22(29)30-14-20(28(2)25)21(24)19-10-9-18(12-26-19)31-17-8-4-7-16(23)11-17/h9-10,12,15-17H,3-8,11,13-14,24-25H2,1-2H3/b21-20-. The number of alkyl halides is 1. The molecule has 31 heavy (non-hydrogen) atoms. The normalized spacial score (nSPS) is 22.2. The lowest BCUT2D eigenvalue weighted by atomic mass is 9.85. The third-order valence-corrected chi connectivity index (χ3v) is 6.01.